The van der Waals surface area contributed by atoms with Gasteiger partial charge in [0.25, 0.3) is 0 Å². The van der Waals surface area contributed by atoms with Crippen LogP contribution in [0.25, 0.3) is 0 Å². The first-order valence-corrected chi connectivity index (χ1v) is 7.21. The van der Waals surface area contributed by atoms with Crippen molar-refractivity contribution in [1.82, 2.24) is 5.01 Å². The number of anilines is 1. The van der Waals surface area contributed by atoms with E-state index in [2.05, 4.69) is 61.9 Å². The lowest BCUT2D eigenvalue weighted by Gasteiger charge is -2.41. The predicted octanol–water partition coefficient (Wildman–Crippen LogP) is 3.04. The zero-order valence-electron chi connectivity index (χ0n) is 12.5. The summed E-state index contributed by atoms with van der Waals surface area (Å²) in [7, 11) is 0. The van der Waals surface area contributed by atoms with Gasteiger partial charge in [-0.25, -0.2) is 10.8 Å². The average molecular weight is 270 g/mol. The highest BCUT2D eigenvalue weighted by atomic mass is 15.5. The molecule has 0 saturated heterocycles. The molecule has 0 radical (unpaired) electrons. The maximum atomic E-state index is 6.12. The van der Waals surface area contributed by atoms with Crippen molar-refractivity contribution in [2.24, 2.45) is 16.8 Å². The number of fused-ring (bicyclic) bond motifs is 3. The summed E-state index contributed by atoms with van der Waals surface area (Å²) in [5.41, 5.74) is 4.87. The number of rotatable bonds is 2. The van der Waals surface area contributed by atoms with E-state index in [4.69, 9.17) is 5.84 Å². The number of allylic oxidation sites excluding steroid dienone is 1. The molecule has 1 aromatic rings. The fraction of sp³-hybridized carbons (Fsp3) is 0.438. The van der Waals surface area contributed by atoms with Crippen molar-refractivity contribution >= 4 is 12.0 Å². The topological polar surface area (TPSA) is 44.9 Å². The maximum absolute atomic E-state index is 6.12. The Hall–Kier alpha value is -1.81. The molecule has 106 valence electrons. The van der Waals surface area contributed by atoms with Gasteiger partial charge in [0.1, 0.15) is 12.4 Å². The van der Waals surface area contributed by atoms with E-state index in [-0.39, 0.29) is 6.04 Å². The third-order valence-corrected chi connectivity index (χ3v) is 3.96. The van der Waals surface area contributed by atoms with E-state index < -0.39 is 0 Å². The lowest BCUT2D eigenvalue weighted by atomic mass is 9.90. The van der Waals surface area contributed by atoms with Crippen LogP contribution in [0.1, 0.15) is 39.3 Å². The van der Waals surface area contributed by atoms with Gasteiger partial charge in [-0.15, -0.1) is 0 Å². The molecular formula is C16H22N4. The van der Waals surface area contributed by atoms with Crippen molar-refractivity contribution in [2.75, 3.05) is 4.90 Å². The van der Waals surface area contributed by atoms with Crippen molar-refractivity contribution in [1.29, 1.82) is 0 Å². The zero-order chi connectivity index (χ0) is 14.4. The van der Waals surface area contributed by atoms with Gasteiger partial charge < -0.3 is 4.90 Å². The van der Waals surface area contributed by atoms with E-state index in [1.54, 1.807) is 11.3 Å². The van der Waals surface area contributed by atoms with Crippen LogP contribution in [-0.4, -0.2) is 17.4 Å². The molecule has 4 heteroatoms. The quantitative estimate of drug-likeness (QED) is 0.840. The second kappa shape index (κ2) is 4.63. The minimum atomic E-state index is 0.0543. The molecule has 2 aliphatic rings. The van der Waals surface area contributed by atoms with E-state index in [1.165, 1.54) is 16.9 Å². The number of nitrogens with two attached hydrogens (primary N) is 1. The number of benzene rings is 1. The van der Waals surface area contributed by atoms with E-state index in [0.717, 1.165) is 5.70 Å². The van der Waals surface area contributed by atoms with E-state index in [9.17, 15) is 0 Å². The molecule has 0 aromatic heterocycles. The van der Waals surface area contributed by atoms with Crippen LogP contribution in [0.15, 0.2) is 40.7 Å². The first-order valence-electron chi connectivity index (χ1n) is 7.21. The summed E-state index contributed by atoms with van der Waals surface area (Å²) in [6, 6.07) is 8.94. The lowest BCUT2D eigenvalue weighted by molar-refractivity contribution is 0.387. The molecule has 0 saturated carbocycles. The van der Waals surface area contributed by atoms with Crippen molar-refractivity contribution in [3.8, 4) is 0 Å². The number of para-hydroxylation sites is 1. The van der Waals surface area contributed by atoms with E-state index in [1.807, 2.05) is 0 Å². The predicted molar refractivity (Wildman–Crippen MR) is 83.2 cm³/mol. The molecule has 4 nitrogen and oxygen atoms in total. The molecule has 0 fully saturated rings. The molecule has 2 aliphatic heterocycles. The summed E-state index contributed by atoms with van der Waals surface area (Å²) >= 11 is 0. The van der Waals surface area contributed by atoms with Crippen LogP contribution in [0.2, 0.25) is 0 Å². The Balaban J connectivity index is 2.26. The van der Waals surface area contributed by atoms with Crippen LogP contribution < -0.4 is 10.7 Å². The molecule has 0 aliphatic carbocycles. The Labute approximate surface area is 120 Å². The number of nitrogens with zero attached hydrogens (tertiary/aromatic N) is 3. The highest BCUT2D eigenvalue weighted by Crippen LogP contribution is 2.46. The van der Waals surface area contributed by atoms with E-state index >= 15 is 0 Å². The Morgan fingerprint density at radius 3 is 2.50 bits per heavy atom. The van der Waals surface area contributed by atoms with Gasteiger partial charge in [0, 0.05) is 23.0 Å². The van der Waals surface area contributed by atoms with Gasteiger partial charge in [-0.05, 0) is 25.8 Å². The lowest BCUT2D eigenvalue weighted by Crippen LogP contribution is -2.40. The second-order valence-electron chi connectivity index (χ2n) is 6.04. The Bertz CT molecular complexity index is 586. The fourth-order valence-corrected chi connectivity index (χ4v) is 3.24. The number of hydrazine groups is 1. The minimum Gasteiger partial charge on any atom is -0.340 e. The molecule has 0 amide bonds. The van der Waals surface area contributed by atoms with E-state index in [0.29, 0.717) is 12.0 Å². The standard InChI is InChI=1S/C16H22N4/c1-10(2)15-14-16(19(17)9-18-14)12-7-5-6-8-13(12)20(15)11(3)4/h5-11,16H,17H2,1-4H3. The second-order valence-corrected chi connectivity index (χ2v) is 6.04. The Morgan fingerprint density at radius 2 is 1.85 bits per heavy atom. The molecule has 0 spiro atoms. The van der Waals surface area contributed by atoms with Crippen LogP contribution >= 0.6 is 0 Å². The number of hydrogen-bond acceptors (Lipinski definition) is 4. The summed E-state index contributed by atoms with van der Waals surface area (Å²) in [6.45, 7) is 8.88. The zero-order valence-corrected chi connectivity index (χ0v) is 12.5. The van der Waals surface area contributed by atoms with Gasteiger partial charge in [0.05, 0.1) is 5.70 Å². The molecule has 20 heavy (non-hydrogen) atoms. The van der Waals surface area contributed by atoms with Crippen molar-refractivity contribution < 1.29 is 0 Å². The smallest absolute Gasteiger partial charge is 0.117 e. The largest absolute Gasteiger partial charge is 0.340 e. The summed E-state index contributed by atoms with van der Waals surface area (Å²) < 4.78 is 0. The Morgan fingerprint density at radius 1 is 1.15 bits per heavy atom. The van der Waals surface area contributed by atoms with Crippen LogP contribution in [0.5, 0.6) is 0 Å². The van der Waals surface area contributed by atoms with Gasteiger partial charge in [-0.1, -0.05) is 32.0 Å². The van der Waals surface area contributed by atoms with Crippen LogP contribution in [0.3, 0.4) is 0 Å². The monoisotopic (exact) mass is 270 g/mol. The minimum absolute atomic E-state index is 0.0543. The molecule has 3 rings (SSSR count). The third kappa shape index (κ3) is 1.75. The van der Waals surface area contributed by atoms with Gasteiger partial charge in [0.15, 0.2) is 0 Å². The van der Waals surface area contributed by atoms with Crippen LogP contribution in [-0.2, 0) is 0 Å². The molecule has 2 heterocycles. The van der Waals surface area contributed by atoms with Crippen molar-refractivity contribution in [2.45, 2.75) is 39.8 Å². The average Bonchev–Trinajstić information content (AvgIpc) is 2.79. The molecular weight excluding hydrogens is 248 g/mol. The van der Waals surface area contributed by atoms with Crippen molar-refractivity contribution in [3.05, 3.63) is 41.2 Å². The third-order valence-electron chi connectivity index (χ3n) is 3.96. The molecule has 0 bridgehead atoms. The van der Waals surface area contributed by atoms with Crippen molar-refractivity contribution in [3.63, 3.8) is 0 Å². The van der Waals surface area contributed by atoms with Gasteiger partial charge in [-0.3, -0.25) is 5.01 Å². The maximum Gasteiger partial charge on any atom is 0.117 e. The van der Waals surface area contributed by atoms with Gasteiger partial charge in [0.2, 0.25) is 0 Å². The van der Waals surface area contributed by atoms with Crippen LogP contribution in [0.4, 0.5) is 5.69 Å². The molecule has 1 unspecified atom stereocenters. The highest BCUT2D eigenvalue weighted by molar-refractivity contribution is 5.72. The number of aliphatic imine (C=N–C) groups is 1. The Kier molecular flexibility index (Phi) is 3.05. The summed E-state index contributed by atoms with van der Waals surface area (Å²) in [6.07, 6.45) is 1.74. The highest BCUT2D eigenvalue weighted by Gasteiger charge is 2.39. The summed E-state index contributed by atoms with van der Waals surface area (Å²) in [4.78, 5) is 6.99. The SMILES string of the molecule is CC(C)C1=C2N=CN(N)C2c2ccccc2N1C(C)C. The first-order chi connectivity index (χ1) is 9.52. The molecule has 1 atom stereocenters. The first kappa shape index (κ1) is 13.2. The fourth-order valence-electron chi connectivity index (χ4n) is 3.24. The van der Waals surface area contributed by atoms with Gasteiger partial charge in [-0.2, -0.15) is 0 Å². The normalized spacial score (nSPS) is 21.1. The molecule has 1 aromatic carbocycles. The summed E-state index contributed by atoms with van der Waals surface area (Å²) in [5, 5.41) is 1.72. The van der Waals surface area contributed by atoms with Crippen LogP contribution in [0, 0.1) is 5.92 Å². The number of hydrogen-bond donors (Lipinski definition) is 1. The summed E-state index contributed by atoms with van der Waals surface area (Å²) in [5.74, 6) is 6.53. The van der Waals surface area contributed by atoms with Gasteiger partial charge >= 0.3 is 0 Å². The molecule has 2 N–H and O–H groups in total.